The number of ether oxygens (including phenoxy) is 1. The molecule has 0 radical (unpaired) electrons. The number of nitrogens with zero attached hydrogens (tertiary/aromatic N) is 3. The predicted molar refractivity (Wildman–Crippen MR) is 103 cm³/mol. The Morgan fingerprint density at radius 1 is 1.41 bits per heavy atom. The maximum Gasteiger partial charge on any atom is 0.310 e. The second-order valence-electron chi connectivity index (χ2n) is 6.65. The third kappa shape index (κ3) is 3.45. The number of piperidine rings is 1. The first-order valence-electron chi connectivity index (χ1n) is 9.18. The van der Waals surface area contributed by atoms with Crippen LogP contribution >= 0.6 is 0 Å². The van der Waals surface area contributed by atoms with E-state index in [2.05, 4.69) is 14.9 Å². The average molecular weight is 366 g/mol. The van der Waals surface area contributed by atoms with Crippen LogP contribution in [-0.2, 0) is 9.53 Å². The number of nitrogen functional groups attached to an aromatic ring is 1. The number of benzene rings is 1. The van der Waals surface area contributed by atoms with E-state index in [1.165, 1.54) is 0 Å². The van der Waals surface area contributed by atoms with Crippen LogP contribution in [0.2, 0.25) is 0 Å². The van der Waals surface area contributed by atoms with Gasteiger partial charge >= 0.3 is 5.97 Å². The normalized spacial score (nSPS) is 17.2. The molecular formula is C20H22N4O3. The Morgan fingerprint density at radius 3 is 3.07 bits per heavy atom. The van der Waals surface area contributed by atoms with Crippen molar-refractivity contribution in [3.8, 4) is 11.5 Å². The van der Waals surface area contributed by atoms with Crippen molar-refractivity contribution in [1.29, 1.82) is 0 Å². The Balaban J connectivity index is 1.63. The van der Waals surface area contributed by atoms with Crippen molar-refractivity contribution < 1.29 is 13.9 Å². The molecular weight excluding hydrogens is 344 g/mol. The van der Waals surface area contributed by atoms with Gasteiger partial charge in [0.05, 0.1) is 30.0 Å². The zero-order valence-electron chi connectivity index (χ0n) is 15.2. The van der Waals surface area contributed by atoms with E-state index in [9.17, 15) is 4.79 Å². The van der Waals surface area contributed by atoms with Crippen molar-refractivity contribution in [1.82, 2.24) is 9.97 Å². The summed E-state index contributed by atoms with van der Waals surface area (Å²) in [6, 6.07) is 9.51. The number of rotatable bonds is 4. The van der Waals surface area contributed by atoms with E-state index in [4.69, 9.17) is 14.9 Å². The summed E-state index contributed by atoms with van der Waals surface area (Å²) in [5.74, 6) is 0.556. The number of nitrogens with two attached hydrogens (primary N) is 1. The smallest absolute Gasteiger partial charge is 0.310 e. The quantitative estimate of drug-likeness (QED) is 0.708. The number of para-hydroxylation sites is 2. The fraction of sp³-hybridized carbons (Fsp3) is 0.350. The van der Waals surface area contributed by atoms with Crippen LogP contribution in [-0.4, -0.2) is 35.6 Å². The first-order chi connectivity index (χ1) is 13.2. The molecule has 0 bridgehead atoms. The second-order valence-corrected chi connectivity index (χ2v) is 6.65. The molecule has 1 fully saturated rings. The number of aromatic nitrogens is 2. The molecule has 0 aliphatic carbocycles. The van der Waals surface area contributed by atoms with Crippen molar-refractivity contribution in [3.05, 3.63) is 36.5 Å². The number of anilines is 2. The van der Waals surface area contributed by atoms with Gasteiger partial charge in [0.15, 0.2) is 5.58 Å². The number of esters is 1. The Bertz CT molecular complexity index is 936. The molecule has 7 heteroatoms. The number of hydrogen-bond acceptors (Lipinski definition) is 7. The largest absolute Gasteiger partial charge is 0.466 e. The molecule has 4 rings (SSSR count). The van der Waals surface area contributed by atoms with Gasteiger partial charge in [-0.15, -0.1) is 0 Å². The van der Waals surface area contributed by atoms with Gasteiger partial charge in [0.25, 0.3) is 0 Å². The lowest BCUT2D eigenvalue weighted by Crippen LogP contribution is -2.39. The Labute approximate surface area is 157 Å². The highest BCUT2D eigenvalue weighted by atomic mass is 16.5. The molecule has 140 valence electrons. The monoisotopic (exact) mass is 366 g/mol. The molecule has 1 unspecified atom stereocenters. The van der Waals surface area contributed by atoms with Crippen LogP contribution in [0.4, 0.5) is 11.5 Å². The van der Waals surface area contributed by atoms with E-state index < -0.39 is 0 Å². The van der Waals surface area contributed by atoms with Gasteiger partial charge in [-0.1, -0.05) is 12.1 Å². The minimum atomic E-state index is -0.134. The highest BCUT2D eigenvalue weighted by Gasteiger charge is 2.27. The van der Waals surface area contributed by atoms with Crippen molar-refractivity contribution in [2.45, 2.75) is 19.8 Å². The summed E-state index contributed by atoms with van der Waals surface area (Å²) in [6.07, 6.45) is 3.50. The SMILES string of the molecule is CCOC(=O)C1CCCN(c2cnc(N)c(-c3nc4ccccc4o3)c2)C1. The number of fused-ring (bicyclic) bond motifs is 1. The molecule has 2 aromatic heterocycles. The third-order valence-electron chi connectivity index (χ3n) is 4.83. The third-order valence-corrected chi connectivity index (χ3v) is 4.83. The summed E-state index contributed by atoms with van der Waals surface area (Å²) in [4.78, 5) is 23.1. The van der Waals surface area contributed by atoms with Crippen molar-refractivity contribution in [2.75, 3.05) is 30.3 Å². The van der Waals surface area contributed by atoms with Gasteiger partial charge in [0.1, 0.15) is 11.3 Å². The van der Waals surface area contributed by atoms with Crippen LogP contribution in [0.5, 0.6) is 0 Å². The molecule has 3 heterocycles. The van der Waals surface area contributed by atoms with E-state index in [0.717, 1.165) is 30.6 Å². The summed E-state index contributed by atoms with van der Waals surface area (Å²) in [5.41, 5.74) is 9.12. The zero-order chi connectivity index (χ0) is 18.8. The van der Waals surface area contributed by atoms with Gasteiger partial charge in [0.2, 0.25) is 5.89 Å². The van der Waals surface area contributed by atoms with Gasteiger partial charge in [-0.2, -0.15) is 0 Å². The van der Waals surface area contributed by atoms with E-state index in [-0.39, 0.29) is 11.9 Å². The molecule has 1 atom stereocenters. The highest BCUT2D eigenvalue weighted by Crippen LogP contribution is 2.32. The van der Waals surface area contributed by atoms with Crippen molar-refractivity contribution >= 4 is 28.6 Å². The Hall–Kier alpha value is -3.09. The van der Waals surface area contributed by atoms with Crippen molar-refractivity contribution in [3.63, 3.8) is 0 Å². The maximum atomic E-state index is 12.1. The van der Waals surface area contributed by atoms with Crippen molar-refractivity contribution in [2.24, 2.45) is 5.92 Å². The van der Waals surface area contributed by atoms with Gasteiger partial charge in [-0.3, -0.25) is 4.79 Å². The number of oxazole rings is 1. The maximum absolute atomic E-state index is 12.1. The van der Waals surface area contributed by atoms with Gasteiger partial charge < -0.3 is 19.8 Å². The topological polar surface area (TPSA) is 94.5 Å². The minimum Gasteiger partial charge on any atom is -0.466 e. The van der Waals surface area contributed by atoms with Gasteiger partial charge in [0, 0.05) is 13.1 Å². The first kappa shape index (κ1) is 17.3. The molecule has 3 aromatic rings. The van der Waals surface area contributed by atoms with Crippen LogP contribution in [0.1, 0.15) is 19.8 Å². The fourth-order valence-electron chi connectivity index (χ4n) is 3.46. The standard InChI is InChI=1S/C20H22N4O3/c1-2-26-20(25)13-6-5-9-24(12-13)14-10-15(18(21)22-11-14)19-23-16-7-3-4-8-17(16)27-19/h3-4,7-8,10-11,13H,2,5-6,9,12H2,1H3,(H2,21,22). The molecule has 0 amide bonds. The van der Waals surface area contributed by atoms with E-state index in [1.807, 2.05) is 37.3 Å². The molecule has 1 aromatic carbocycles. The van der Waals surface area contributed by atoms with E-state index >= 15 is 0 Å². The number of carbonyl (C=O) groups excluding carboxylic acids is 1. The minimum absolute atomic E-state index is 0.121. The average Bonchev–Trinajstić information content (AvgIpc) is 3.12. The van der Waals surface area contributed by atoms with E-state index in [0.29, 0.717) is 36.0 Å². The van der Waals surface area contributed by atoms with Crippen LogP contribution < -0.4 is 10.6 Å². The van der Waals surface area contributed by atoms with Crippen LogP contribution in [0.25, 0.3) is 22.6 Å². The molecule has 1 saturated heterocycles. The molecule has 1 aliphatic heterocycles. The van der Waals surface area contributed by atoms with Gasteiger partial charge in [-0.05, 0) is 38.0 Å². The van der Waals surface area contributed by atoms with Crippen LogP contribution in [0.3, 0.4) is 0 Å². The summed E-state index contributed by atoms with van der Waals surface area (Å²) < 4.78 is 11.0. The van der Waals surface area contributed by atoms with Crippen LogP contribution in [0.15, 0.2) is 40.9 Å². The first-order valence-corrected chi connectivity index (χ1v) is 9.18. The summed E-state index contributed by atoms with van der Waals surface area (Å²) in [6.45, 7) is 3.70. The van der Waals surface area contributed by atoms with Gasteiger partial charge in [-0.25, -0.2) is 9.97 Å². The number of pyridine rings is 1. The lowest BCUT2D eigenvalue weighted by Gasteiger charge is -2.33. The second kappa shape index (κ2) is 7.26. The lowest BCUT2D eigenvalue weighted by atomic mass is 9.97. The highest BCUT2D eigenvalue weighted by molar-refractivity contribution is 5.80. The predicted octanol–water partition coefficient (Wildman–Crippen LogP) is 3.25. The summed E-state index contributed by atoms with van der Waals surface area (Å²) in [5, 5.41) is 0. The molecule has 27 heavy (non-hydrogen) atoms. The molecule has 7 nitrogen and oxygen atoms in total. The molecule has 2 N–H and O–H groups in total. The lowest BCUT2D eigenvalue weighted by molar-refractivity contribution is -0.148. The zero-order valence-corrected chi connectivity index (χ0v) is 15.2. The van der Waals surface area contributed by atoms with E-state index in [1.54, 1.807) is 6.20 Å². The number of hydrogen-bond donors (Lipinski definition) is 1. The Morgan fingerprint density at radius 2 is 2.26 bits per heavy atom. The fourth-order valence-corrected chi connectivity index (χ4v) is 3.46. The van der Waals surface area contributed by atoms with Crippen LogP contribution in [0, 0.1) is 5.92 Å². The Kier molecular flexibility index (Phi) is 4.66. The summed E-state index contributed by atoms with van der Waals surface area (Å²) in [7, 11) is 0. The summed E-state index contributed by atoms with van der Waals surface area (Å²) >= 11 is 0. The molecule has 1 aliphatic rings. The number of carbonyl (C=O) groups is 1. The molecule has 0 spiro atoms. The molecule has 0 saturated carbocycles.